The summed E-state index contributed by atoms with van der Waals surface area (Å²) in [7, 11) is -1.06. The number of ether oxygens (including phenoxy) is 3. The van der Waals surface area contributed by atoms with Crippen LogP contribution in [0.15, 0.2) is 71.6 Å². The van der Waals surface area contributed by atoms with Crippen LogP contribution >= 0.6 is 0 Å². The van der Waals surface area contributed by atoms with E-state index in [2.05, 4.69) is 4.74 Å². The minimum absolute atomic E-state index is 0.0466. The zero-order chi connectivity index (χ0) is 25.4. The van der Waals surface area contributed by atoms with E-state index in [-0.39, 0.29) is 36.8 Å². The van der Waals surface area contributed by atoms with E-state index >= 15 is 0 Å². The van der Waals surface area contributed by atoms with Crippen molar-refractivity contribution in [2.45, 2.75) is 18.2 Å². The van der Waals surface area contributed by atoms with Crippen molar-refractivity contribution in [2.24, 2.45) is 0 Å². The van der Waals surface area contributed by atoms with Gasteiger partial charge in [-0.25, -0.2) is 13.2 Å². The smallest absolute Gasteiger partial charge is 0.508 e. The molecule has 9 heteroatoms. The van der Waals surface area contributed by atoms with Gasteiger partial charge in [0.15, 0.2) is 0 Å². The molecule has 0 amide bonds. The highest BCUT2D eigenvalue weighted by atomic mass is 32.2. The molecular weight excluding hydrogens is 470 g/mol. The lowest BCUT2D eigenvalue weighted by Gasteiger charge is -2.22. The van der Waals surface area contributed by atoms with Gasteiger partial charge < -0.3 is 19.3 Å². The maximum atomic E-state index is 13.4. The van der Waals surface area contributed by atoms with Gasteiger partial charge in [0.25, 0.3) is 0 Å². The Morgan fingerprint density at radius 2 is 1.74 bits per heavy atom. The lowest BCUT2D eigenvalue weighted by Crippen LogP contribution is -2.33. The zero-order valence-electron chi connectivity index (χ0n) is 19.9. The molecule has 0 spiro atoms. The second-order valence-corrected chi connectivity index (χ2v) is 9.75. The highest BCUT2D eigenvalue weighted by Crippen LogP contribution is 2.31. The summed E-state index contributed by atoms with van der Waals surface area (Å²) in [5.41, 5.74) is 1.58. The number of aromatic hydroxyl groups is 1. The zero-order valence-corrected chi connectivity index (χ0v) is 20.7. The quantitative estimate of drug-likeness (QED) is 0.325. The van der Waals surface area contributed by atoms with Crippen molar-refractivity contribution in [3.8, 4) is 11.5 Å². The van der Waals surface area contributed by atoms with E-state index in [1.54, 1.807) is 55.7 Å². The van der Waals surface area contributed by atoms with E-state index in [4.69, 9.17) is 9.47 Å². The molecule has 3 rings (SSSR count). The van der Waals surface area contributed by atoms with Crippen LogP contribution in [-0.4, -0.2) is 57.9 Å². The molecule has 0 unspecified atom stereocenters. The minimum atomic E-state index is -3.83. The molecule has 0 aromatic heterocycles. The standard InChI is InChI=1S/C26H29NO7S/c1-19-6-11-22(12-7-19)35(30,31)27(15-4-5-17-34-26(29)33-3)16-14-23-24-18-21(32-2)10-8-20(24)9-13-25(23)28/h4-13,18,28H,14-17H2,1-3H3/b5-4+. The predicted octanol–water partition coefficient (Wildman–Crippen LogP) is 4.44. The molecule has 0 aliphatic heterocycles. The summed E-state index contributed by atoms with van der Waals surface area (Å²) in [6.07, 6.45) is 2.62. The Labute approximate surface area is 205 Å². The van der Waals surface area contributed by atoms with Crippen LogP contribution in [0.2, 0.25) is 0 Å². The molecule has 0 aliphatic rings. The molecule has 0 radical (unpaired) electrons. The number of hydrogen-bond donors (Lipinski definition) is 1. The maximum Gasteiger partial charge on any atom is 0.508 e. The van der Waals surface area contributed by atoms with E-state index < -0.39 is 16.2 Å². The number of benzene rings is 3. The summed E-state index contributed by atoms with van der Waals surface area (Å²) in [5.74, 6) is 0.725. The van der Waals surface area contributed by atoms with Gasteiger partial charge in [-0.1, -0.05) is 35.9 Å². The van der Waals surface area contributed by atoms with Gasteiger partial charge in [-0.2, -0.15) is 4.31 Å². The number of phenols is 1. The van der Waals surface area contributed by atoms with Crippen molar-refractivity contribution in [1.82, 2.24) is 4.31 Å². The Kier molecular flexibility index (Phi) is 8.73. The van der Waals surface area contributed by atoms with Crippen molar-refractivity contribution < 1.29 is 32.5 Å². The fourth-order valence-corrected chi connectivity index (χ4v) is 4.97. The third-order valence-corrected chi connectivity index (χ3v) is 7.40. The molecule has 0 fully saturated rings. The summed E-state index contributed by atoms with van der Waals surface area (Å²) in [6.45, 7) is 2.00. The van der Waals surface area contributed by atoms with Crippen molar-refractivity contribution in [3.05, 3.63) is 77.9 Å². The van der Waals surface area contributed by atoms with Crippen LogP contribution in [0.4, 0.5) is 4.79 Å². The molecule has 8 nitrogen and oxygen atoms in total. The van der Waals surface area contributed by atoms with Gasteiger partial charge in [-0.3, -0.25) is 0 Å². The van der Waals surface area contributed by atoms with Crippen LogP contribution in [0.1, 0.15) is 11.1 Å². The minimum Gasteiger partial charge on any atom is -0.508 e. The number of rotatable bonds is 10. The van der Waals surface area contributed by atoms with Crippen LogP contribution in [-0.2, 0) is 25.9 Å². The molecule has 186 valence electrons. The average Bonchev–Trinajstić information content (AvgIpc) is 2.86. The Morgan fingerprint density at radius 3 is 2.43 bits per heavy atom. The van der Waals surface area contributed by atoms with Crippen LogP contribution in [0, 0.1) is 6.92 Å². The van der Waals surface area contributed by atoms with Crippen LogP contribution in [0.25, 0.3) is 10.8 Å². The summed E-state index contributed by atoms with van der Waals surface area (Å²) in [4.78, 5) is 11.3. The summed E-state index contributed by atoms with van der Waals surface area (Å²) >= 11 is 0. The Hall–Kier alpha value is -3.56. The highest BCUT2D eigenvalue weighted by Gasteiger charge is 2.24. The van der Waals surface area contributed by atoms with E-state index in [1.807, 2.05) is 25.1 Å². The number of methoxy groups -OCH3 is 2. The number of carbonyl (C=O) groups is 1. The van der Waals surface area contributed by atoms with Crippen molar-refractivity contribution in [2.75, 3.05) is 33.9 Å². The van der Waals surface area contributed by atoms with Gasteiger partial charge in [0, 0.05) is 18.7 Å². The molecule has 0 saturated heterocycles. The predicted molar refractivity (Wildman–Crippen MR) is 133 cm³/mol. The highest BCUT2D eigenvalue weighted by molar-refractivity contribution is 7.89. The average molecular weight is 500 g/mol. The fourth-order valence-electron chi connectivity index (χ4n) is 3.58. The van der Waals surface area contributed by atoms with Gasteiger partial charge in [0.2, 0.25) is 10.0 Å². The summed E-state index contributed by atoms with van der Waals surface area (Å²) in [5, 5.41) is 12.3. The van der Waals surface area contributed by atoms with Crippen molar-refractivity contribution in [1.29, 1.82) is 0 Å². The van der Waals surface area contributed by atoms with Gasteiger partial charge in [0.05, 0.1) is 19.1 Å². The topological polar surface area (TPSA) is 102 Å². The second kappa shape index (κ2) is 11.7. The van der Waals surface area contributed by atoms with Crippen molar-refractivity contribution >= 4 is 27.0 Å². The largest absolute Gasteiger partial charge is 0.508 e. The maximum absolute atomic E-state index is 13.4. The number of carbonyl (C=O) groups excluding carboxylic acids is 1. The Morgan fingerprint density at radius 1 is 1.03 bits per heavy atom. The number of hydrogen-bond acceptors (Lipinski definition) is 7. The van der Waals surface area contributed by atoms with Gasteiger partial charge in [-0.15, -0.1) is 0 Å². The third-order valence-electron chi connectivity index (χ3n) is 5.53. The Balaban J connectivity index is 1.88. The van der Waals surface area contributed by atoms with E-state index in [0.717, 1.165) is 16.3 Å². The molecule has 0 aliphatic carbocycles. The lowest BCUT2D eigenvalue weighted by molar-refractivity contribution is 0.0817. The van der Waals surface area contributed by atoms with Crippen LogP contribution in [0.3, 0.4) is 0 Å². The molecule has 3 aromatic carbocycles. The van der Waals surface area contributed by atoms with Gasteiger partial charge in [-0.05, 0) is 60.5 Å². The van der Waals surface area contributed by atoms with Gasteiger partial charge in [0.1, 0.15) is 18.1 Å². The van der Waals surface area contributed by atoms with Gasteiger partial charge >= 0.3 is 6.16 Å². The second-order valence-electron chi connectivity index (χ2n) is 7.81. The van der Waals surface area contributed by atoms with Crippen LogP contribution < -0.4 is 4.74 Å². The SMILES string of the molecule is COC(=O)OC/C=C/CN(CCc1c(O)ccc2ccc(OC)cc12)S(=O)(=O)c1ccc(C)cc1. The van der Waals surface area contributed by atoms with E-state index in [9.17, 15) is 18.3 Å². The first-order valence-corrected chi connectivity index (χ1v) is 12.4. The summed E-state index contributed by atoms with van der Waals surface area (Å²) < 4.78 is 42.7. The fraction of sp³-hybridized carbons (Fsp3) is 0.269. The van der Waals surface area contributed by atoms with E-state index in [0.29, 0.717) is 11.3 Å². The number of fused-ring (bicyclic) bond motifs is 1. The molecule has 0 heterocycles. The Bertz CT molecular complexity index is 1300. The monoisotopic (exact) mass is 499 g/mol. The molecule has 3 aromatic rings. The number of aryl methyl sites for hydroxylation is 1. The van der Waals surface area contributed by atoms with Crippen LogP contribution in [0.5, 0.6) is 11.5 Å². The summed E-state index contributed by atoms with van der Waals surface area (Å²) in [6, 6.07) is 15.6. The molecule has 0 saturated carbocycles. The first kappa shape index (κ1) is 26.1. The number of phenolic OH excluding ortho intramolecular Hbond substituents is 1. The van der Waals surface area contributed by atoms with E-state index in [1.165, 1.54) is 11.4 Å². The molecule has 1 N–H and O–H groups in total. The molecular formula is C26H29NO7S. The third kappa shape index (κ3) is 6.52. The molecule has 0 bridgehead atoms. The first-order chi connectivity index (χ1) is 16.8. The first-order valence-electron chi connectivity index (χ1n) is 11.0. The molecule has 0 atom stereocenters. The normalized spacial score (nSPS) is 11.8. The number of nitrogens with zero attached hydrogens (tertiary/aromatic N) is 1. The van der Waals surface area contributed by atoms with Crippen molar-refractivity contribution in [3.63, 3.8) is 0 Å². The molecule has 35 heavy (non-hydrogen) atoms. The number of sulfonamides is 1. The lowest BCUT2D eigenvalue weighted by atomic mass is 10.0.